The standard InChI is InChI=1S/C26H29NO2S/c1-2-16-27(17-15-23-11-7-18-30-23)22-13-14-24-21(19-22)10-6-12-25(24)29-26(28)20-8-4-3-5-9-20/h3-12,18,22H,2,13-17,19H2,1H3. The molecule has 1 unspecified atom stereocenters. The first-order valence-electron chi connectivity index (χ1n) is 10.9. The lowest BCUT2D eigenvalue weighted by molar-refractivity contribution is 0.0732. The molecule has 1 aliphatic rings. The fourth-order valence-corrected chi connectivity index (χ4v) is 5.06. The van der Waals surface area contributed by atoms with Crippen LogP contribution in [0.25, 0.3) is 0 Å². The summed E-state index contributed by atoms with van der Waals surface area (Å²) < 4.78 is 5.79. The van der Waals surface area contributed by atoms with Gasteiger partial charge >= 0.3 is 5.97 Å². The minimum absolute atomic E-state index is 0.283. The Labute approximate surface area is 183 Å². The van der Waals surface area contributed by atoms with E-state index in [1.54, 1.807) is 12.1 Å². The van der Waals surface area contributed by atoms with Crippen molar-refractivity contribution in [1.82, 2.24) is 4.90 Å². The molecule has 0 aliphatic heterocycles. The van der Waals surface area contributed by atoms with Gasteiger partial charge in [0.05, 0.1) is 5.56 Å². The minimum Gasteiger partial charge on any atom is -0.423 e. The highest BCUT2D eigenvalue weighted by atomic mass is 32.1. The van der Waals surface area contributed by atoms with Gasteiger partial charge in [-0.1, -0.05) is 43.3 Å². The summed E-state index contributed by atoms with van der Waals surface area (Å²) >= 11 is 1.85. The maximum absolute atomic E-state index is 12.5. The molecule has 4 rings (SSSR count). The molecule has 156 valence electrons. The average Bonchev–Trinajstić information content (AvgIpc) is 3.31. The zero-order valence-electron chi connectivity index (χ0n) is 17.5. The lowest BCUT2D eigenvalue weighted by Gasteiger charge is -2.35. The Morgan fingerprint density at radius 1 is 1.07 bits per heavy atom. The first-order valence-corrected chi connectivity index (χ1v) is 11.8. The van der Waals surface area contributed by atoms with Gasteiger partial charge in [0.2, 0.25) is 0 Å². The van der Waals surface area contributed by atoms with Crippen molar-refractivity contribution >= 4 is 17.3 Å². The van der Waals surface area contributed by atoms with E-state index in [-0.39, 0.29) is 5.97 Å². The van der Waals surface area contributed by atoms with Crippen LogP contribution in [0.1, 0.15) is 46.1 Å². The van der Waals surface area contributed by atoms with E-state index < -0.39 is 0 Å². The van der Waals surface area contributed by atoms with E-state index >= 15 is 0 Å². The molecule has 0 fully saturated rings. The number of benzene rings is 2. The number of carbonyl (C=O) groups is 1. The predicted molar refractivity (Wildman–Crippen MR) is 124 cm³/mol. The van der Waals surface area contributed by atoms with Gasteiger partial charge in [-0.25, -0.2) is 4.79 Å². The summed E-state index contributed by atoms with van der Waals surface area (Å²) in [6.07, 6.45) is 5.38. The van der Waals surface area contributed by atoms with Crippen molar-refractivity contribution in [1.29, 1.82) is 0 Å². The smallest absolute Gasteiger partial charge is 0.343 e. The van der Waals surface area contributed by atoms with E-state index in [2.05, 4.69) is 35.4 Å². The van der Waals surface area contributed by atoms with Crippen molar-refractivity contribution in [3.8, 4) is 5.75 Å². The highest BCUT2D eigenvalue weighted by molar-refractivity contribution is 7.09. The van der Waals surface area contributed by atoms with Gasteiger partial charge in [-0.2, -0.15) is 0 Å². The van der Waals surface area contributed by atoms with Crippen molar-refractivity contribution in [3.05, 3.63) is 87.6 Å². The highest BCUT2D eigenvalue weighted by Gasteiger charge is 2.26. The lowest BCUT2D eigenvalue weighted by atomic mass is 9.86. The van der Waals surface area contributed by atoms with Crippen molar-refractivity contribution in [2.45, 2.75) is 45.1 Å². The first-order chi connectivity index (χ1) is 14.7. The predicted octanol–water partition coefficient (Wildman–Crippen LogP) is 5.78. The van der Waals surface area contributed by atoms with Gasteiger partial charge in [0.1, 0.15) is 5.75 Å². The van der Waals surface area contributed by atoms with E-state index in [1.807, 2.05) is 41.7 Å². The minimum atomic E-state index is -0.283. The monoisotopic (exact) mass is 419 g/mol. The maximum atomic E-state index is 12.5. The number of esters is 1. The summed E-state index contributed by atoms with van der Waals surface area (Å²) in [6, 6.07) is 20.3. The summed E-state index contributed by atoms with van der Waals surface area (Å²) in [5, 5.41) is 2.16. The van der Waals surface area contributed by atoms with Crippen molar-refractivity contribution < 1.29 is 9.53 Å². The molecule has 0 bridgehead atoms. The topological polar surface area (TPSA) is 29.5 Å². The van der Waals surface area contributed by atoms with Crippen LogP contribution in [0, 0.1) is 0 Å². The van der Waals surface area contributed by atoms with Crippen molar-refractivity contribution in [3.63, 3.8) is 0 Å². The quantitative estimate of drug-likeness (QED) is 0.342. The third-order valence-electron chi connectivity index (χ3n) is 5.88. The Morgan fingerprint density at radius 3 is 2.70 bits per heavy atom. The molecule has 1 aromatic heterocycles. The normalized spacial score (nSPS) is 15.7. The van der Waals surface area contributed by atoms with E-state index in [0.29, 0.717) is 11.6 Å². The largest absolute Gasteiger partial charge is 0.423 e. The molecular formula is C26H29NO2S. The van der Waals surface area contributed by atoms with Crippen LogP contribution in [0.2, 0.25) is 0 Å². The van der Waals surface area contributed by atoms with Crippen molar-refractivity contribution in [2.75, 3.05) is 13.1 Å². The fourth-order valence-electron chi connectivity index (χ4n) is 4.37. The molecule has 0 N–H and O–H groups in total. The number of rotatable bonds is 8. The molecule has 2 aromatic carbocycles. The van der Waals surface area contributed by atoms with E-state index in [4.69, 9.17) is 4.74 Å². The molecule has 3 aromatic rings. The molecule has 1 atom stereocenters. The first kappa shape index (κ1) is 20.8. The Morgan fingerprint density at radius 2 is 1.93 bits per heavy atom. The third kappa shape index (κ3) is 5.00. The third-order valence-corrected chi connectivity index (χ3v) is 6.81. The van der Waals surface area contributed by atoms with Gasteiger partial charge in [-0.15, -0.1) is 11.3 Å². The molecule has 0 radical (unpaired) electrons. The van der Waals surface area contributed by atoms with Crippen LogP contribution in [-0.2, 0) is 19.3 Å². The van der Waals surface area contributed by atoms with Crippen LogP contribution in [0.5, 0.6) is 5.75 Å². The van der Waals surface area contributed by atoms with Gasteiger partial charge in [-0.3, -0.25) is 4.90 Å². The van der Waals surface area contributed by atoms with Crippen LogP contribution in [0.3, 0.4) is 0 Å². The Balaban J connectivity index is 1.45. The Bertz CT molecular complexity index is 952. The lowest BCUT2D eigenvalue weighted by Crippen LogP contribution is -2.41. The SMILES string of the molecule is CCCN(CCc1cccs1)C1CCc2c(cccc2OC(=O)c2ccccc2)C1. The van der Waals surface area contributed by atoms with E-state index in [0.717, 1.165) is 44.5 Å². The van der Waals surface area contributed by atoms with Crippen LogP contribution >= 0.6 is 11.3 Å². The zero-order chi connectivity index (χ0) is 20.8. The molecule has 0 saturated carbocycles. The van der Waals surface area contributed by atoms with Crippen LogP contribution in [0.15, 0.2) is 66.0 Å². The second-order valence-electron chi connectivity index (χ2n) is 7.91. The maximum Gasteiger partial charge on any atom is 0.343 e. The second-order valence-corrected chi connectivity index (χ2v) is 8.94. The number of hydrogen-bond acceptors (Lipinski definition) is 4. The summed E-state index contributed by atoms with van der Waals surface area (Å²) in [7, 11) is 0. The van der Waals surface area contributed by atoms with E-state index in [1.165, 1.54) is 22.4 Å². The Hall–Kier alpha value is -2.43. The summed E-state index contributed by atoms with van der Waals surface area (Å²) in [5.41, 5.74) is 3.11. The number of hydrogen-bond donors (Lipinski definition) is 0. The molecule has 30 heavy (non-hydrogen) atoms. The van der Waals surface area contributed by atoms with Gasteiger partial charge < -0.3 is 4.74 Å². The second kappa shape index (κ2) is 10.1. The molecule has 4 heteroatoms. The van der Waals surface area contributed by atoms with Crippen molar-refractivity contribution in [2.24, 2.45) is 0 Å². The number of nitrogens with zero attached hydrogens (tertiary/aromatic N) is 1. The molecule has 0 spiro atoms. The number of fused-ring (bicyclic) bond motifs is 1. The zero-order valence-corrected chi connectivity index (χ0v) is 18.4. The molecule has 3 nitrogen and oxygen atoms in total. The molecule has 1 heterocycles. The molecule has 1 aliphatic carbocycles. The summed E-state index contributed by atoms with van der Waals surface area (Å²) in [6.45, 7) is 4.50. The van der Waals surface area contributed by atoms with Crippen LogP contribution in [0.4, 0.5) is 0 Å². The van der Waals surface area contributed by atoms with Crippen LogP contribution < -0.4 is 4.74 Å². The van der Waals surface area contributed by atoms with Gasteiger partial charge in [0.25, 0.3) is 0 Å². The molecular weight excluding hydrogens is 390 g/mol. The number of thiophene rings is 1. The Kier molecular flexibility index (Phi) is 6.98. The molecule has 0 saturated heterocycles. The number of ether oxygens (including phenoxy) is 1. The summed E-state index contributed by atoms with van der Waals surface area (Å²) in [5.74, 6) is 0.440. The number of carbonyl (C=O) groups excluding carboxylic acids is 1. The molecule has 0 amide bonds. The van der Waals surface area contributed by atoms with E-state index in [9.17, 15) is 4.79 Å². The fraction of sp³-hybridized carbons (Fsp3) is 0.346. The summed E-state index contributed by atoms with van der Waals surface area (Å²) in [4.78, 5) is 16.6. The van der Waals surface area contributed by atoms with Gasteiger partial charge in [0.15, 0.2) is 0 Å². The van der Waals surface area contributed by atoms with Gasteiger partial charge in [0, 0.05) is 17.5 Å². The average molecular weight is 420 g/mol. The van der Waals surface area contributed by atoms with Gasteiger partial charge in [-0.05, 0) is 79.4 Å². The highest BCUT2D eigenvalue weighted by Crippen LogP contribution is 2.32. The van der Waals surface area contributed by atoms with Crippen LogP contribution in [-0.4, -0.2) is 30.0 Å².